The highest BCUT2D eigenvalue weighted by Gasteiger charge is 2.13. The molecule has 0 aromatic heterocycles. The second-order valence-corrected chi connectivity index (χ2v) is 4.70. The van der Waals surface area contributed by atoms with Gasteiger partial charge in [-0.25, -0.2) is 4.39 Å². The van der Waals surface area contributed by atoms with Gasteiger partial charge in [0.05, 0.1) is 5.69 Å². The smallest absolute Gasteiger partial charge is 0.143 e. The van der Waals surface area contributed by atoms with Crippen molar-refractivity contribution >= 4 is 5.69 Å². The molecule has 1 atom stereocenters. The maximum atomic E-state index is 13.4. The Bertz CT molecular complexity index is 433. The van der Waals surface area contributed by atoms with E-state index in [4.69, 9.17) is 5.26 Å². The van der Waals surface area contributed by atoms with E-state index < -0.39 is 5.82 Å². The van der Waals surface area contributed by atoms with Crippen LogP contribution < -0.4 is 10.6 Å². The highest BCUT2D eigenvalue weighted by atomic mass is 19.1. The zero-order valence-electron chi connectivity index (χ0n) is 10.4. The number of anilines is 1. The summed E-state index contributed by atoms with van der Waals surface area (Å²) in [6.45, 7) is 2.97. The summed E-state index contributed by atoms with van der Waals surface area (Å²) < 4.78 is 13.4. The van der Waals surface area contributed by atoms with E-state index in [0.29, 0.717) is 11.6 Å². The first-order valence-electron chi connectivity index (χ1n) is 6.44. The number of nitrogens with one attached hydrogen (secondary N) is 2. The zero-order valence-corrected chi connectivity index (χ0v) is 10.4. The second-order valence-electron chi connectivity index (χ2n) is 4.70. The van der Waals surface area contributed by atoms with E-state index in [2.05, 4.69) is 10.6 Å². The Morgan fingerprint density at radius 3 is 3.11 bits per heavy atom. The monoisotopic (exact) mass is 247 g/mol. The summed E-state index contributed by atoms with van der Waals surface area (Å²) in [5.74, 6) is 0.229. The molecule has 2 rings (SSSR count). The number of nitriles is 1. The average molecular weight is 247 g/mol. The van der Waals surface area contributed by atoms with Crippen molar-refractivity contribution in [2.24, 2.45) is 5.92 Å². The van der Waals surface area contributed by atoms with E-state index in [1.165, 1.54) is 18.9 Å². The lowest BCUT2D eigenvalue weighted by atomic mass is 9.96. The Labute approximate surface area is 107 Å². The fraction of sp³-hybridized carbons (Fsp3) is 0.500. The molecule has 1 heterocycles. The topological polar surface area (TPSA) is 47.9 Å². The predicted molar refractivity (Wildman–Crippen MR) is 69.8 cm³/mol. The summed E-state index contributed by atoms with van der Waals surface area (Å²) in [4.78, 5) is 0. The average Bonchev–Trinajstić information content (AvgIpc) is 2.40. The third-order valence-corrected chi connectivity index (χ3v) is 3.39. The zero-order chi connectivity index (χ0) is 12.8. The number of halogens is 1. The van der Waals surface area contributed by atoms with Crippen LogP contribution in [0.25, 0.3) is 0 Å². The van der Waals surface area contributed by atoms with Gasteiger partial charge in [-0.1, -0.05) is 6.07 Å². The van der Waals surface area contributed by atoms with Crippen LogP contribution in [0.2, 0.25) is 0 Å². The molecule has 4 heteroatoms. The molecule has 0 saturated carbocycles. The van der Waals surface area contributed by atoms with Crippen LogP contribution in [0.3, 0.4) is 0 Å². The molecule has 1 aromatic carbocycles. The molecule has 1 aliphatic heterocycles. The predicted octanol–water partition coefficient (Wildman–Crippen LogP) is 2.50. The molecule has 2 N–H and O–H groups in total. The third kappa shape index (κ3) is 3.21. The quantitative estimate of drug-likeness (QED) is 0.859. The van der Waals surface area contributed by atoms with Crippen LogP contribution in [0.5, 0.6) is 0 Å². The van der Waals surface area contributed by atoms with Crippen LogP contribution >= 0.6 is 0 Å². The molecule has 18 heavy (non-hydrogen) atoms. The van der Waals surface area contributed by atoms with Gasteiger partial charge in [0, 0.05) is 6.54 Å². The van der Waals surface area contributed by atoms with E-state index >= 15 is 0 Å². The summed E-state index contributed by atoms with van der Waals surface area (Å²) in [7, 11) is 0. The van der Waals surface area contributed by atoms with Crippen LogP contribution in [0, 0.1) is 23.1 Å². The van der Waals surface area contributed by atoms with Gasteiger partial charge in [0.15, 0.2) is 0 Å². The molecular weight excluding hydrogens is 229 g/mol. The van der Waals surface area contributed by atoms with Crippen LogP contribution in [-0.4, -0.2) is 19.6 Å². The SMILES string of the molecule is N#Cc1c(F)cccc1NCCC1CCCNC1. The largest absolute Gasteiger partial charge is 0.384 e. The number of hydrogen-bond donors (Lipinski definition) is 2. The number of rotatable bonds is 4. The fourth-order valence-electron chi connectivity index (χ4n) is 2.37. The molecule has 0 amide bonds. The van der Waals surface area contributed by atoms with Crippen LogP contribution in [0.15, 0.2) is 18.2 Å². The van der Waals surface area contributed by atoms with Gasteiger partial charge in [0.2, 0.25) is 0 Å². The number of hydrogen-bond acceptors (Lipinski definition) is 3. The van der Waals surface area contributed by atoms with Gasteiger partial charge in [0.1, 0.15) is 17.4 Å². The van der Waals surface area contributed by atoms with Gasteiger partial charge < -0.3 is 10.6 Å². The number of piperidine rings is 1. The summed E-state index contributed by atoms with van der Waals surface area (Å²) in [5.41, 5.74) is 0.709. The molecular formula is C14H18FN3. The van der Waals surface area contributed by atoms with Crippen molar-refractivity contribution in [3.8, 4) is 6.07 Å². The molecule has 0 radical (unpaired) electrons. The molecule has 1 fully saturated rings. The third-order valence-electron chi connectivity index (χ3n) is 3.39. The number of nitrogens with zero attached hydrogens (tertiary/aromatic N) is 1. The molecule has 0 aliphatic carbocycles. The Morgan fingerprint density at radius 1 is 1.50 bits per heavy atom. The number of benzene rings is 1. The summed E-state index contributed by atoms with van der Waals surface area (Å²) in [5, 5.41) is 15.4. The van der Waals surface area contributed by atoms with Gasteiger partial charge in [-0.05, 0) is 50.4 Å². The summed E-state index contributed by atoms with van der Waals surface area (Å²) in [6.07, 6.45) is 3.53. The highest BCUT2D eigenvalue weighted by Crippen LogP contribution is 2.19. The van der Waals surface area contributed by atoms with Gasteiger partial charge in [-0.15, -0.1) is 0 Å². The van der Waals surface area contributed by atoms with E-state index in [1.807, 2.05) is 6.07 Å². The van der Waals surface area contributed by atoms with Crippen LogP contribution in [0.1, 0.15) is 24.8 Å². The fourth-order valence-corrected chi connectivity index (χ4v) is 2.37. The van der Waals surface area contributed by atoms with Crippen LogP contribution in [0.4, 0.5) is 10.1 Å². The highest BCUT2D eigenvalue weighted by molar-refractivity contribution is 5.57. The van der Waals surface area contributed by atoms with Gasteiger partial charge in [-0.2, -0.15) is 5.26 Å². The van der Waals surface area contributed by atoms with Crippen LogP contribution in [-0.2, 0) is 0 Å². The molecule has 0 bridgehead atoms. The molecule has 96 valence electrons. The first-order valence-corrected chi connectivity index (χ1v) is 6.44. The lowest BCUT2D eigenvalue weighted by Gasteiger charge is -2.22. The molecule has 3 nitrogen and oxygen atoms in total. The minimum atomic E-state index is -0.457. The van der Waals surface area contributed by atoms with E-state index in [1.54, 1.807) is 12.1 Å². The first-order chi connectivity index (χ1) is 8.81. The van der Waals surface area contributed by atoms with Crippen molar-refractivity contribution in [1.82, 2.24) is 5.32 Å². The minimum Gasteiger partial charge on any atom is -0.384 e. The lowest BCUT2D eigenvalue weighted by Crippen LogP contribution is -2.30. The Balaban J connectivity index is 1.86. The van der Waals surface area contributed by atoms with E-state index in [9.17, 15) is 4.39 Å². The summed E-state index contributed by atoms with van der Waals surface area (Å²) >= 11 is 0. The lowest BCUT2D eigenvalue weighted by molar-refractivity contribution is 0.364. The molecule has 1 aliphatic rings. The van der Waals surface area contributed by atoms with Crippen molar-refractivity contribution in [2.75, 3.05) is 25.0 Å². The molecule has 1 saturated heterocycles. The summed E-state index contributed by atoms with van der Waals surface area (Å²) in [6, 6.07) is 6.59. The minimum absolute atomic E-state index is 0.110. The Hall–Kier alpha value is -1.60. The van der Waals surface area contributed by atoms with Gasteiger partial charge in [0.25, 0.3) is 0 Å². The second kappa shape index (κ2) is 6.36. The Kier molecular flexibility index (Phi) is 4.54. The van der Waals surface area contributed by atoms with E-state index in [-0.39, 0.29) is 5.56 Å². The van der Waals surface area contributed by atoms with Gasteiger partial charge in [-0.3, -0.25) is 0 Å². The maximum absolute atomic E-state index is 13.4. The van der Waals surface area contributed by atoms with E-state index in [0.717, 1.165) is 26.1 Å². The van der Waals surface area contributed by atoms with Crippen molar-refractivity contribution in [2.45, 2.75) is 19.3 Å². The van der Waals surface area contributed by atoms with Crippen molar-refractivity contribution < 1.29 is 4.39 Å². The first kappa shape index (κ1) is 12.8. The maximum Gasteiger partial charge on any atom is 0.143 e. The van der Waals surface area contributed by atoms with Gasteiger partial charge >= 0.3 is 0 Å². The van der Waals surface area contributed by atoms with Crippen molar-refractivity contribution in [3.63, 3.8) is 0 Å². The standard InChI is InChI=1S/C14H18FN3/c15-13-4-1-5-14(12(13)9-16)18-8-6-11-3-2-7-17-10-11/h1,4-5,11,17-18H,2-3,6-8,10H2. The Morgan fingerprint density at radius 2 is 2.39 bits per heavy atom. The normalized spacial score (nSPS) is 19.2. The van der Waals surface area contributed by atoms with Crippen molar-refractivity contribution in [1.29, 1.82) is 5.26 Å². The molecule has 0 spiro atoms. The van der Waals surface area contributed by atoms with Crippen molar-refractivity contribution in [3.05, 3.63) is 29.6 Å². The molecule has 1 unspecified atom stereocenters. The molecule has 1 aromatic rings.